The summed E-state index contributed by atoms with van der Waals surface area (Å²) in [4.78, 5) is 38.2. The van der Waals surface area contributed by atoms with E-state index in [9.17, 15) is 19.5 Å². The summed E-state index contributed by atoms with van der Waals surface area (Å²) in [6.45, 7) is -0.598. The van der Waals surface area contributed by atoms with Gasteiger partial charge in [0.15, 0.2) is 0 Å². The van der Waals surface area contributed by atoms with E-state index in [2.05, 4.69) is 5.32 Å². The van der Waals surface area contributed by atoms with Crippen molar-refractivity contribution in [2.75, 3.05) is 24.7 Å². The van der Waals surface area contributed by atoms with Crippen molar-refractivity contribution in [3.63, 3.8) is 0 Å². The van der Waals surface area contributed by atoms with Crippen LogP contribution in [0.15, 0.2) is 72.8 Å². The van der Waals surface area contributed by atoms with E-state index in [1.54, 1.807) is 24.3 Å². The smallest absolute Gasteiger partial charge is 0.407 e. The first-order chi connectivity index (χ1) is 16.5. The Hall–Kier alpha value is -4.33. The Morgan fingerprint density at radius 3 is 2.26 bits per heavy atom. The standard InChI is InChI=1S/C26H22N2O6/c29-24(30)13-28-22-11-5-6-12-23(22)33-15-21(25(28)31)27-26(32)34-14-20-18-9-3-1-7-16(18)17-8-2-4-10-19(17)20/h1-12,20-21H,13-15H2,(H,27,32)(H,29,30). The molecular weight excluding hydrogens is 436 g/mol. The summed E-state index contributed by atoms with van der Waals surface area (Å²) in [6.07, 6.45) is -0.773. The van der Waals surface area contributed by atoms with Crippen molar-refractivity contribution < 1.29 is 29.0 Å². The fourth-order valence-electron chi connectivity index (χ4n) is 4.54. The van der Waals surface area contributed by atoms with Gasteiger partial charge in [-0.3, -0.25) is 14.5 Å². The lowest BCUT2D eigenvalue weighted by atomic mass is 9.98. The first kappa shape index (κ1) is 21.5. The number of para-hydroxylation sites is 2. The van der Waals surface area contributed by atoms with Gasteiger partial charge in [0.05, 0.1) is 5.69 Å². The van der Waals surface area contributed by atoms with Gasteiger partial charge in [-0.1, -0.05) is 60.7 Å². The van der Waals surface area contributed by atoms with Crippen molar-refractivity contribution in [1.82, 2.24) is 5.32 Å². The minimum Gasteiger partial charge on any atom is -0.489 e. The second-order valence-electron chi connectivity index (χ2n) is 8.12. The molecule has 0 saturated heterocycles. The lowest BCUT2D eigenvalue weighted by Crippen LogP contribution is -2.51. The summed E-state index contributed by atoms with van der Waals surface area (Å²) < 4.78 is 11.2. The summed E-state index contributed by atoms with van der Waals surface area (Å²) in [5.41, 5.74) is 4.72. The van der Waals surface area contributed by atoms with E-state index < -0.39 is 30.6 Å². The molecule has 0 bridgehead atoms. The molecule has 1 aliphatic carbocycles. The molecule has 2 N–H and O–H groups in total. The zero-order valence-electron chi connectivity index (χ0n) is 18.1. The average Bonchev–Trinajstić information content (AvgIpc) is 3.10. The summed E-state index contributed by atoms with van der Waals surface area (Å²) >= 11 is 0. The predicted octanol–water partition coefficient (Wildman–Crippen LogP) is 3.40. The van der Waals surface area contributed by atoms with Gasteiger partial charge >= 0.3 is 12.1 Å². The zero-order valence-corrected chi connectivity index (χ0v) is 18.1. The highest BCUT2D eigenvalue weighted by Gasteiger charge is 2.35. The number of carbonyl (C=O) groups is 3. The second kappa shape index (κ2) is 8.90. The van der Waals surface area contributed by atoms with Gasteiger partial charge in [-0.25, -0.2) is 4.79 Å². The van der Waals surface area contributed by atoms with Crippen LogP contribution in [0.5, 0.6) is 5.75 Å². The minimum absolute atomic E-state index is 0.0979. The van der Waals surface area contributed by atoms with Crippen molar-refractivity contribution in [2.24, 2.45) is 0 Å². The Bertz CT molecular complexity index is 1230. The van der Waals surface area contributed by atoms with Crippen molar-refractivity contribution in [1.29, 1.82) is 0 Å². The van der Waals surface area contributed by atoms with Gasteiger partial charge < -0.3 is 19.9 Å². The van der Waals surface area contributed by atoms with Crippen LogP contribution < -0.4 is 15.0 Å². The zero-order chi connectivity index (χ0) is 23.7. The molecule has 0 aromatic heterocycles. The van der Waals surface area contributed by atoms with Crippen LogP contribution in [-0.4, -0.2) is 48.9 Å². The number of rotatable bonds is 5. The maximum atomic E-state index is 13.1. The van der Waals surface area contributed by atoms with Crippen molar-refractivity contribution >= 4 is 23.7 Å². The number of carboxylic acid groups (broad SMARTS) is 1. The van der Waals surface area contributed by atoms with Crippen LogP contribution >= 0.6 is 0 Å². The van der Waals surface area contributed by atoms with E-state index >= 15 is 0 Å². The number of carbonyl (C=O) groups excluding carboxylic acids is 2. The molecule has 1 aliphatic heterocycles. The molecule has 0 spiro atoms. The van der Waals surface area contributed by atoms with E-state index in [1.807, 2.05) is 48.5 Å². The lowest BCUT2D eigenvalue weighted by Gasteiger charge is -2.23. The van der Waals surface area contributed by atoms with Crippen LogP contribution in [0.1, 0.15) is 17.0 Å². The number of hydrogen-bond acceptors (Lipinski definition) is 5. The fourth-order valence-corrected chi connectivity index (χ4v) is 4.54. The van der Waals surface area contributed by atoms with Gasteiger partial charge in [0.1, 0.15) is 31.5 Å². The number of alkyl carbamates (subject to hydrolysis) is 1. The lowest BCUT2D eigenvalue weighted by molar-refractivity contribution is -0.136. The molecule has 34 heavy (non-hydrogen) atoms. The molecule has 2 amide bonds. The summed E-state index contributed by atoms with van der Waals surface area (Å²) in [5, 5.41) is 11.8. The predicted molar refractivity (Wildman–Crippen MR) is 124 cm³/mol. The molecule has 0 fully saturated rings. The maximum Gasteiger partial charge on any atom is 0.407 e. The van der Waals surface area contributed by atoms with Crippen LogP contribution in [0, 0.1) is 0 Å². The number of hydrogen-bond donors (Lipinski definition) is 2. The quantitative estimate of drug-likeness (QED) is 0.607. The van der Waals surface area contributed by atoms with E-state index in [1.165, 1.54) is 0 Å². The first-order valence-electron chi connectivity index (χ1n) is 10.9. The molecule has 1 heterocycles. The van der Waals surface area contributed by atoms with Gasteiger partial charge in [-0.05, 0) is 34.4 Å². The molecule has 1 unspecified atom stereocenters. The Morgan fingerprint density at radius 1 is 0.971 bits per heavy atom. The maximum absolute atomic E-state index is 13.1. The number of aliphatic carboxylic acids is 1. The van der Waals surface area contributed by atoms with Gasteiger partial charge in [0.25, 0.3) is 5.91 Å². The highest BCUT2D eigenvalue weighted by atomic mass is 16.5. The normalized spacial score (nSPS) is 16.5. The molecule has 8 nitrogen and oxygen atoms in total. The van der Waals surface area contributed by atoms with Crippen LogP contribution in [0.3, 0.4) is 0 Å². The van der Waals surface area contributed by atoms with Crippen molar-refractivity contribution in [3.8, 4) is 16.9 Å². The summed E-state index contributed by atoms with van der Waals surface area (Å²) in [6, 6.07) is 21.5. The summed E-state index contributed by atoms with van der Waals surface area (Å²) in [7, 11) is 0. The largest absolute Gasteiger partial charge is 0.489 e. The number of fused-ring (bicyclic) bond motifs is 4. The SMILES string of the molecule is O=C(O)CN1C(=O)C(NC(=O)OCC2c3ccccc3-c3ccccc32)COc2ccccc21. The molecule has 0 saturated carbocycles. The molecule has 3 aromatic rings. The number of ether oxygens (including phenoxy) is 2. The first-order valence-corrected chi connectivity index (χ1v) is 10.9. The van der Waals surface area contributed by atoms with E-state index in [4.69, 9.17) is 9.47 Å². The van der Waals surface area contributed by atoms with Gasteiger partial charge in [0.2, 0.25) is 0 Å². The Labute approximate surface area is 195 Å². The van der Waals surface area contributed by atoms with Crippen molar-refractivity contribution in [3.05, 3.63) is 83.9 Å². The van der Waals surface area contributed by atoms with Crippen molar-refractivity contribution in [2.45, 2.75) is 12.0 Å². The second-order valence-corrected chi connectivity index (χ2v) is 8.12. The van der Waals surface area contributed by atoms with Gasteiger partial charge in [0, 0.05) is 5.92 Å². The minimum atomic E-state index is -1.18. The number of anilines is 1. The van der Waals surface area contributed by atoms with Gasteiger partial charge in [-0.15, -0.1) is 0 Å². The molecule has 0 radical (unpaired) electrons. The molecule has 3 aromatic carbocycles. The van der Waals surface area contributed by atoms with Crippen LogP contribution in [0.25, 0.3) is 11.1 Å². The fraction of sp³-hybridized carbons (Fsp3) is 0.192. The average molecular weight is 458 g/mol. The monoisotopic (exact) mass is 458 g/mol. The number of amides is 2. The van der Waals surface area contributed by atoms with Crippen LogP contribution in [0.2, 0.25) is 0 Å². The topological polar surface area (TPSA) is 105 Å². The number of nitrogens with one attached hydrogen (secondary N) is 1. The van der Waals surface area contributed by atoms with E-state index in [0.29, 0.717) is 11.4 Å². The molecule has 8 heteroatoms. The molecule has 2 aliphatic rings. The Balaban J connectivity index is 1.30. The highest BCUT2D eigenvalue weighted by Crippen LogP contribution is 2.44. The number of benzene rings is 3. The molecular formula is C26H22N2O6. The van der Waals surface area contributed by atoms with Crippen LogP contribution in [0.4, 0.5) is 10.5 Å². The van der Waals surface area contributed by atoms with E-state index in [-0.39, 0.29) is 19.1 Å². The molecule has 5 rings (SSSR count). The molecule has 1 atom stereocenters. The number of nitrogens with zero attached hydrogens (tertiary/aromatic N) is 1. The Morgan fingerprint density at radius 2 is 1.59 bits per heavy atom. The molecule has 172 valence electrons. The Kier molecular flexibility index (Phi) is 5.63. The third kappa shape index (κ3) is 3.94. The van der Waals surface area contributed by atoms with Crippen LogP contribution in [-0.2, 0) is 14.3 Å². The summed E-state index contributed by atoms with van der Waals surface area (Å²) in [5.74, 6) is -1.51. The van der Waals surface area contributed by atoms with E-state index in [0.717, 1.165) is 27.2 Å². The number of carboxylic acids is 1. The van der Waals surface area contributed by atoms with Gasteiger partial charge in [-0.2, -0.15) is 0 Å². The third-order valence-corrected chi connectivity index (χ3v) is 6.05. The highest BCUT2D eigenvalue weighted by molar-refractivity contribution is 6.03. The third-order valence-electron chi connectivity index (χ3n) is 6.05.